The molecule has 6 heteroatoms. The molecule has 0 aliphatic rings. The Morgan fingerprint density at radius 1 is 1.29 bits per heavy atom. The van der Waals surface area contributed by atoms with Gasteiger partial charge in [-0.25, -0.2) is 4.98 Å². The van der Waals surface area contributed by atoms with Gasteiger partial charge in [0.1, 0.15) is 5.56 Å². The van der Waals surface area contributed by atoms with Gasteiger partial charge in [-0.05, 0) is 36.8 Å². The summed E-state index contributed by atoms with van der Waals surface area (Å²) >= 11 is 0. The molecular weight excluding hydrogens is 270 g/mol. The van der Waals surface area contributed by atoms with Crippen molar-refractivity contribution in [3.63, 3.8) is 0 Å². The molecule has 0 bridgehead atoms. The fourth-order valence-electron chi connectivity index (χ4n) is 1.80. The SMILES string of the molecule is CCOc1cc(CN)ccc1Oc1ncccc1C(N)=O. The van der Waals surface area contributed by atoms with Gasteiger partial charge in [0.25, 0.3) is 5.91 Å². The summed E-state index contributed by atoms with van der Waals surface area (Å²) in [4.78, 5) is 15.4. The van der Waals surface area contributed by atoms with Gasteiger partial charge in [0.2, 0.25) is 5.88 Å². The molecule has 4 N–H and O–H groups in total. The van der Waals surface area contributed by atoms with Gasteiger partial charge in [0.15, 0.2) is 11.5 Å². The molecule has 6 nitrogen and oxygen atoms in total. The number of aromatic nitrogens is 1. The Bertz CT molecular complexity index is 644. The summed E-state index contributed by atoms with van der Waals surface area (Å²) in [6.45, 7) is 2.75. The smallest absolute Gasteiger partial charge is 0.254 e. The van der Waals surface area contributed by atoms with Gasteiger partial charge >= 0.3 is 0 Å². The summed E-state index contributed by atoms with van der Waals surface area (Å²) in [5.74, 6) is 0.540. The molecule has 0 aliphatic carbocycles. The molecule has 1 aromatic heterocycles. The molecule has 0 unspecified atom stereocenters. The van der Waals surface area contributed by atoms with Crippen LogP contribution in [0.1, 0.15) is 22.8 Å². The Hall–Kier alpha value is -2.60. The molecule has 0 saturated carbocycles. The zero-order valence-corrected chi connectivity index (χ0v) is 11.7. The first-order valence-electron chi connectivity index (χ1n) is 6.54. The fourth-order valence-corrected chi connectivity index (χ4v) is 1.80. The number of carbonyl (C=O) groups is 1. The zero-order valence-electron chi connectivity index (χ0n) is 11.7. The lowest BCUT2D eigenvalue weighted by Gasteiger charge is -2.13. The molecule has 0 atom stereocenters. The third-order valence-electron chi connectivity index (χ3n) is 2.79. The fraction of sp³-hybridized carbons (Fsp3) is 0.200. The van der Waals surface area contributed by atoms with Gasteiger partial charge in [-0.2, -0.15) is 0 Å². The van der Waals surface area contributed by atoms with Crippen molar-refractivity contribution in [2.24, 2.45) is 11.5 Å². The van der Waals surface area contributed by atoms with Crippen LogP contribution in [-0.2, 0) is 6.54 Å². The molecule has 2 aromatic rings. The van der Waals surface area contributed by atoms with Crippen molar-refractivity contribution in [2.75, 3.05) is 6.61 Å². The van der Waals surface area contributed by atoms with Crippen molar-refractivity contribution in [2.45, 2.75) is 13.5 Å². The Morgan fingerprint density at radius 2 is 2.10 bits per heavy atom. The van der Waals surface area contributed by atoms with Crippen molar-refractivity contribution in [3.05, 3.63) is 47.7 Å². The average molecular weight is 287 g/mol. The first-order valence-corrected chi connectivity index (χ1v) is 6.54. The molecule has 21 heavy (non-hydrogen) atoms. The van der Waals surface area contributed by atoms with E-state index in [4.69, 9.17) is 20.9 Å². The van der Waals surface area contributed by atoms with E-state index in [0.717, 1.165) is 5.56 Å². The van der Waals surface area contributed by atoms with E-state index in [9.17, 15) is 4.79 Å². The molecule has 0 fully saturated rings. The van der Waals surface area contributed by atoms with E-state index in [1.165, 1.54) is 6.20 Å². The van der Waals surface area contributed by atoms with Gasteiger partial charge in [0.05, 0.1) is 6.61 Å². The zero-order chi connectivity index (χ0) is 15.2. The summed E-state index contributed by atoms with van der Waals surface area (Å²) < 4.78 is 11.2. The van der Waals surface area contributed by atoms with E-state index >= 15 is 0 Å². The maximum atomic E-state index is 11.4. The predicted molar refractivity (Wildman–Crippen MR) is 78.3 cm³/mol. The highest BCUT2D eigenvalue weighted by Gasteiger charge is 2.14. The van der Waals surface area contributed by atoms with Gasteiger partial charge < -0.3 is 20.9 Å². The number of hydrogen-bond donors (Lipinski definition) is 2. The minimum Gasteiger partial charge on any atom is -0.490 e. The van der Waals surface area contributed by atoms with Gasteiger partial charge in [-0.3, -0.25) is 4.79 Å². The summed E-state index contributed by atoms with van der Waals surface area (Å²) in [5.41, 5.74) is 12.0. The second kappa shape index (κ2) is 6.71. The highest BCUT2D eigenvalue weighted by atomic mass is 16.5. The average Bonchev–Trinajstić information content (AvgIpc) is 2.49. The van der Waals surface area contributed by atoms with Crippen molar-refractivity contribution in [1.82, 2.24) is 4.98 Å². The second-order valence-electron chi connectivity index (χ2n) is 4.24. The Labute approximate surface area is 122 Å². The molecule has 0 spiro atoms. The number of hydrogen-bond acceptors (Lipinski definition) is 5. The number of pyridine rings is 1. The number of primary amides is 1. The van der Waals surface area contributed by atoms with Gasteiger partial charge in [-0.15, -0.1) is 0 Å². The van der Waals surface area contributed by atoms with Gasteiger partial charge in [0, 0.05) is 12.7 Å². The predicted octanol–water partition coefficient (Wildman–Crippen LogP) is 1.83. The quantitative estimate of drug-likeness (QED) is 0.844. The van der Waals surface area contributed by atoms with Crippen LogP contribution in [-0.4, -0.2) is 17.5 Å². The van der Waals surface area contributed by atoms with E-state index in [1.807, 2.05) is 13.0 Å². The molecule has 2 rings (SSSR count). The molecule has 0 saturated heterocycles. The van der Waals surface area contributed by atoms with Crippen molar-refractivity contribution < 1.29 is 14.3 Å². The van der Waals surface area contributed by atoms with Crippen LogP contribution in [0.4, 0.5) is 0 Å². The van der Waals surface area contributed by atoms with Crippen LogP contribution in [0.3, 0.4) is 0 Å². The van der Waals surface area contributed by atoms with E-state index in [2.05, 4.69) is 4.98 Å². The molecular formula is C15H17N3O3. The van der Waals surface area contributed by atoms with Crippen LogP contribution in [0.15, 0.2) is 36.5 Å². The standard InChI is InChI=1S/C15H17N3O3/c1-2-20-13-8-10(9-16)5-6-12(13)21-15-11(14(17)19)4-3-7-18-15/h3-8H,2,9,16H2,1H3,(H2,17,19). The first-order chi connectivity index (χ1) is 10.2. The number of nitrogens with two attached hydrogens (primary N) is 2. The Kier molecular flexibility index (Phi) is 4.73. The van der Waals surface area contributed by atoms with E-state index in [1.54, 1.807) is 24.3 Å². The summed E-state index contributed by atoms with van der Waals surface area (Å²) in [6, 6.07) is 8.52. The lowest BCUT2D eigenvalue weighted by atomic mass is 10.2. The lowest BCUT2D eigenvalue weighted by Crippen LogP contribution is -2.13. The minimum atomic E-state index is -0.602. The van der Waals surface area contributed by atoms with E-state index in [-0.39, 0.29) is 11.4 Å². The van der Waals surface area contributed by atoms with Gasteiger partial charge in [-0.1, -0.05) is 6.07 Å². The number of benzene rings is 1. The summed E-state index contributed by atoms with van der Waals surface area (Å²) in [6.07, 6.45) is 1.52. The maximum absolute atomic E-state index is 11.4. The van der Waals surface area contributed by atoms with Crippen LogP contribution in [0, 0.1) is 0 Å². The Balaban J connectivity index is 2.37. The normalized spacial score (nSPS) is 10.2. The lowest BCUT2D eigenvalue weighted by molar-refractivity contribution is 0.0997. The molecule has 1 heterocycles. The highest BCUT2D eigenvalue weighted by Crippen LogP contribution is 2.33. The number of ether oxygens (including phenoxy) is 2. The minimum absolute atomic E-state index is 0.145. The number of nitrogens with zero attached hydrogens (tertiary/aromatic N) is 1. The Morgan fingerprint density at radius 3 is 2.76 bits per heavy atom. The van der Waals surface area contributed by atoms with Crippen molar-refractivity contribution in [3.8, 4) is 17.4 Å². The second-order valence-corrected chi connectivity index (χ2v) is 4.24. The monoisotopic (exact) mass is 287 g/mol. The first kappa shape index (κ1) is 14.8. The summed E-state index contributed by atoms with van der Waals surface area (Å²) in [7, 11) is 0. The third-order valence-corrected chi connectivity index (χ3v) is 2.79. The number of amides is 1. The number of carbonyl (C=O) groups excluding carboxylic acids is 1. The van der Waals surface area contributed by atoms with Crippen molar-refractivity contribution in [1.29, 1.82) is 0 Å². The van der Waals surface area contributed by atoms with Crippen LogP contribution in [0.2, 0.25) is 0 Å². The van der Waals surface area contributed by atoms with E-state index < -0.39 is 5.91 Å². The topological polar surface area (TPSA) is 100 Å². The highest BCUT2D eigenvalue weighted by molar-refractivity contribution is 5.95. The van der Waals surface area contributed by atoms with Crippen LogP contribution in [0.25, 0.3) is 0 Å². The molecule has 0 radical (unpaired) electrons. The van der Waals surface area contributed by atoms with Crippen molar-refractivity contribution >= 4 is 5.91 Å². The van der Waals surface area contributed by atoms with Crippen LogP contribution in [0.5, 0.6) is 17.4 Å². The maximum Gasteiger partial charge on any atom is 0.254 e. The van der Waals surface area contributed by atoms with Crippen LogP contribution >= 0.6 is 0 Å². The number of rotatable bonds is 6. The molecule has 110 valence electrons. The van der Waals surface area contributed by atoms with Crippen LogP contribution < -0.4 is 20.9 Å². The summed E-state index contributed by atoms with van der Waals surface area (Å²) in [5, 5.41) is 0. The molecule has 1 amide bonds. The molecule has 1 aromatic carbocycles. The molecule has 0 aliphatic heterocycles. The van der Waals surface area contributed by atoms with E-state index in [0.29, 0.717) is 24.7 Å². The largest absolute Gasteiger partial charge is 0.490 e. The third kappa shape index (κ3) is 3.49.